The first-order chi connectivity index (χ1) is 13.7. The summed E-state index contributed by atoms with van der Waals surface area (Å²) in [4.78, 5) is 57.5. The van der Waals surface area contributed by atoms with E-state index in [1.165, 1.54) is 24.3 Å². The molecule has 2 aromatic carbocycles. The number of carboxylic acid groups (broad SMARTS) is 2. The van der Waals surface area contributed by atoms with Crippen LogP contribution in [-0.4, -0.2) is 51.0 Å². The van der Waals surface area contributed by atoms with Gasteiger partial charge in [0, 0.05) is 23.3 Å². The van der Waals surface area contributed by atoms with Gasteiger partial charge < -0.3 is 20.8 Å². The van der Waals surface area contributed by atoms with Gasteiger partial charge in [0.05, 0.1) is 4.92 Å². The number of nitrogens with zero attached hydrogens (tertiary/aromatic N) is 1. The van der Waals surface area contributed by atoms with Gasteiger partial charge in [0.15, 0.2) is 12.1 Å². The van der Waals surface area contributed by atoms with Crippen LogP contribution in [0.15, 0.2) is 54.6 Å². The number of carbonyl (C=O) groups excluding carboxylic acids is 2. The number of nitrogens with one attached hydrogen (secondary N) is 2. The minimum absolute atomic E-state index is 0.101. The molecule has 0 bridgehead atoms. The lowest BCUT2D eigenvalue weighted by molar-refractivity contribution is -0.384. The quantitative estimate of drug-likeness (QED) is 0.368. The average Bonchev–Trinajstić information content (AvgIpc) is 2.70. The number of benzene rings is 2. The lowest BCUT2D eigenvalue weighted by atomic mass is 10.1. The van der Waals surface area contributed by atoms with Crippen molar-refractivity contribution >= 4 is 29.4 Å². The number of non-ortho nitro benzene ring substituents is 1. The van der Waals surface area contributed by atoms with Crippen LogP contribution in [0, 0.1) is 10.1 Å². The summed E-state index contributed by atoms with van der Waals surface area (Å²) in [6.45, 7) is 0. The summed E-state index contributed by atoms with van der Waals surface area (Å²) in [6, 6.07) is 7.80. The lowest BCUT2D eigenvalue weighted by Crippen LogP contribution is -2.59. The zero-order chi connectivity index (χ0) is 21.6. The Kier molecular flexibility index (Phi) is 6.58. The van der Waals surface area contributed by atoms with E-state index in [1.54, 1.807) is 6.07 Å². The Morgan fingerprint density at radius 3 is 1.55 bits per heavy atom. The minimum Gasteiger partial charge on any atom is -0.480 e. The molecule has 4 N–H and O–H groups in total. The van der Waals surface area contributed by atoms with Crippen LogP contribution in [0.4, 0.5) is 5.69 Å². The molecule has 29 heavy (non-hydrogen) atoms. The monoisotopic (exact) mass is 401 g/mol. The van der Waals surface area contributed by atoms with Gasteiger partial charge >= 0.3 is 11.9 Å². The SMILES string of the molecule is O=C(NC(C(=O)O)C(NC(=O)c1ccc([N+](=O)[O-])cc1)C(=O)O)c1ccccc1. The van der Waals surface area contributed by atoms with Gasteiger partial charge in [0.1, 0.15) is 0 Å². The molecule has 0 aliphatic carbocycles. The number of aliphatic carboxylic acids is 2. The van der Waals surface area contributed by atoms with E-state index in [9.17, 15) is 39.5 Å². The number of rotatable bonds is 8. The number of hydrogen-bond donors (Lipinski definition) is 4. The fourth-order valence-electron chi connectivity index (χ4n) is 2.35. The third kappa shape index (κ3) is 5.35. The minimum atomic E-state index is -2.00. The molecule has 2 unspecified atom stereocenters. The molecule has 0 heterocycles. The van der Waals surface area contributed by atoms with Gasteiger partial charge in [-0.25, -0.2) is 9.59 Å². The van der Waals surface area contributed by atoms with E-state index in [1.807, 2.05) is 5.32 Å². The standard InChI is InChI=1S/C18H15N3O8/c22-15(10-4-2-1-3-5-10)19-13(17(24)25)14(18(26)27)20-16(23)11-6-8-12(9-7-11)21(28)29/h1-9,13-14H,(H,19,22)(H,20,23)(H,24,25)(H,26,27). The van der Waals surface area contributed by atoms with Gasteiger partial charge in [0.2, 0.25) is 0 Å². The van der Waals surface area contributed by atoms with E-state index in [2.05, 4.69) is 5.32 Å². The highest BCUT2D eigenvalue weighted by Crippen LogP contribution is 2.12. The second kappa shape index (κ2) is 9.08. The van der Waals surface area contributed by atoms with Crippen molar-refractivity contribution in [3.63, 3.8) is 0 Å². The van der Waals surface area contributed by atoms with E-state index in [0.717, 1.165) is 24.3 Å². The molecule has 0 aliphatic rings. The van der Waals surface area contributed by atoms with Crippen LogP contribution in [0.25, 0.3) is 0 Å². The Labute approximate surface area is 163 Å². The van der Waals surface area contributed by atoms with Gasteiger partial charge in [-0.15, -0.1) is 0 Å². The summed E-state index contributed by atoms with van der Waals surface area (Å²) in [5, 5.41) is 33.5. The maximum Gasteiger partial charge on any atom is 0.329 e. The van der Waals surface area contributed by atoms with Crippen molar-refractivity contribution in [1.29, 1.82) is 0 Å². The van der Waals surface area contributed by atoms with E-state index in [4.69, 9.17) is 0 Å². The number of amides is 2. The van der Waals surface area contributed by atoms with Crippen LogP contribution < -0.4 is 10.6 Å². The predicted octanol–water partition coefficient (Wildman–Crippen LogP) is 0.661. The van der Waals surface area contributed by atoms with Crippen molar-refractivity contribution in [1.82, 2.24) is 10.6 Å². The fourth-order valence-corrected chi connectivity index (χ4v) is 2.35. The van der Waals surface area contributed by atoms with Crippen molar-refractivity contribution in [2.24, 2.45) is 0 Å². The van der Waals surface area contributed by atoms with E-state index in [0.29, 0.717) is 0 Å². The van der Waals surface area contributed by atoms with Crippen LogP contribution in [0.3, 0.4) is 0 Å². The molecule has 0 aliphatic heterocycles. The third-order valence-electron chi connectivity index (χ3n) is 3.81. The van der Waals surface area contributed by atoms with Gasteiger partial charge in [-0.05, 0) is 24.3 Å². The Bertz CT molecular complexity index is 943. The highest BCUT2D eigenvalue weighted by molar-refractivity contribution is 6.01. The molecule has 2 amide bonds. The van der Waals surface area contributed by atoms with Crippen LogP contribution >= 0.6 is 0 Å². The van der Waals surface area contributed by atoms with Crippen LogP contribution in [-0.2, 0) is 9.59 Å². The Morgan fingerprint density at radius 1 is 0.759 bits per heavy atom. The summed E-state index contributed by atoms with van der Waals surface area (Å²) in [7, 11) is 0. The summed E-state index contributed by atoms with van der Waals surface area (Å²) < 4.78 is 0. The molecule has 2 atom stereocenters. The first-order valence-corrected chi connectivity index (χ1v) is 8.07. The van der Waals surface area contributed by atoms with E-state index >= 15 is 0 Å². The largest absolute Gasteiger partial charge is 0.480 e. The summed E-state index contributed by atoms with van der Waals surface area (Å²) in [6.07, 6.45) is 0. The molecule has 0 saturated heterocycles. The molecule has 2 aromatic rings. The van der Waals surface area contributed by atoms with Gasteiger partial charge in [-0.3, -0.25) is 19.7 Å². The Balaban J connectivity index is 2.21. The molecular formula is C18H15N3O8. The third-order valence-corrected chi connectivity index (χ3v) is 3.81. The maximum absolute atomic E-state index is 12.3. The molecule has 0 spiro atoms. The molecule has 0 aromatic heterocycles. The lowest BCUT2D eigenvalue weighted by Gasteiger charge is -2.22. The second-order valence-electron chi connectivity index (χ2n) is 5.75. The molecule has 0 fully saturated rings. The number of carboxylic acids is 2. The normalized spacial score (nSPS) is 12.3. The van der Waals surface area contributed by atoms with Crippen molar-refractivity contribution < 1.29 is 34.3 Å². The first kappa shape index (κ1) is 21.0. The highest BCUT2D eigenvalue weighted by atomic mass is 16.6. The Morgan fingerprint density at radius 2 is 1.17 bits per heavy atom. The van der Waals surface area contributed by atoms with Gasteiger partial charge in [0.25, 0.3) is 17.5 Å². The number of hydrogen-bond acceptors (Lipinski definition) is 6. The molecule has 11 nitrogen and oxygen atoms in total. The average molecular weight is 401 g/mol. The van der Waals surface area contributed by atoms with E-state index < -0.39 is 40.8 Å². The van der Waals surface area contributed by atoms with Crippen LogP contribution in [0.1, 0.15) is 20.7 Å². The zero-order valence-corrected chi connectivity index (χ0v) is 14.6. The van der Waals surface area contributed by atoms with Crippen LogP contribution in [0.2, 0.25) is 0 Å². The molecule has 11 heteroatoms. The van der Waals surface area contributed by atoms with Crippen molar-refractivity contribution in [2.75, 3.05) is 0 Å². The van der Waals surface area contributed by atoms with Crippen LogP contribution in [0.5, 0.6) is 0 Å². The number of nitro benzene ring substituents is 1. The summed E-state index contributed by atoms with van der Waals surface area (Å²) in [5.74, 6) is -5.19. The van der Waals surface area contributed by atoms with Crippen molar-refractivity contribution in [2.45, 2.75) is 12.1 Å². The number of nitro groups is 1. The topological polar surface area (TPSA) is 176 Å². The molecule has 2 rings (SSSR count). The fraction of sp³-hybridized carbons (Fsp3) is 0.111. The maximum atomic E-state index is 12.3. The predicted molar refractivity (Wildman–Crippen MR) is 97.3 cm³/mol. The Hall–Kier alpha value is -4.28. The number of carbonyl (C=O) groups is 4. The molecule has 0 saturated carbocycles. The van der Waals surface area contributed by atoms with Crippen molar-refractivity contribution in [3.8, 4) is 0 Å². The second-order valence-corrected chi connectivity index (χ2v) is 5.75. The highest BCUT2D eigenvalue weighted by Gasteiger charge is 2.36. The molecular weight excluding hydrogens is 386 g/mol. The smallest absolute Gasteiger partial charge is 0.329 e. The first-order valence-electron chi connectivity index (χ1n) is 8.07. The zero-order valence-electron chi connectivity index (χ0n) is 14.6. The molecule has 150 valence electrons. The van der Waals surface area contributed by atoms with E-state index in [-0.39, 0.29) is 16.8 Å². The van der Waals surface area contributed by atoms with Gasteiger partial charge in [-0.2, -0.15) is 0 Å². The summed E-state index contributed by atoms with van der Waals surface area (Å²) in [5.41, 5.74) is -0.306. The summed E-state index contributed by atoms with van der Waals surface area (Å²) >= 11 is 0. The van der Waals surface area contributed by atoms with Crippen molar-refractivity contribution in [3.05, 3.63) is 75.8 Å². The van der Waals surface area contributed by atoms with Gasteiger partial charge in [-0.1, -0.05) is 18.2 Å². The molecule has 0 radical (unpaired) electrons.